The Morgan fingerprint density at radius 2 is 2.05 bits per heavy atom. The zero-order valence-corrected chi connectivity index (χ0v) is 13.7. The van der Waals surface area contributed by atoms with E-state index in [2.05, 4.69) is 17.4 Å². The first kappa shape index (κ1) is 16.0. The first-order valence-corrected chi connectivity index (χ1v) is 9.09. The number of hydrogen-bond acceptors (Lipinski definition) is 3. The van der Waals surface area contributed by atoms with Crippen LogP contribution in [0.25, 0.3) is 0 Å². The molecule has 0 saturated carbocycles. The summed E-state index contributed by atoms with van der Waals surface area (Å²) in [5, 5.41) is 2.89. The quantitative estimate of drug-likeness (QED) is 0.924. The molecule has 1 N–H and O–H groups in total. The summed E-state index contributed by atoms with van der Waals surface area (Å²) in [6.45, 7) is 5.91. The second kappa shape index (κ2) is 5.79. The molecule has 1 unspecified atom stereocenters. The molecule has 5 heteroatoms. The zero-order valence-electron chi connectivity index (χ0n) is 12.9. The van der Waals surface area contributed by atoms with Crippen molar-refractivity contribution < 1.29 is 13.2 Å². The summed E-state index contributed by atoms with van der Waals surface area (Å²) in [5.74, 6) is 0.144. The minimum atomic E-state index is -2.99. The number of aryl methyl sites for hydroxylation is 3. The highest BCUT2D eigenvalue weighted by atomic mass is 32.2. The summed E-state index contributed by atoms with van der Waals surface area (Å²) in [7, 11) is -2.99. The summed E-state index contributed by atoms with van der Waals surface area (Å²) in [5.41, 5.74) is 2.97. The van der Waals surface area contributed by atoms with Gasteiger partial charge in [0.2, 0.25) is 5.91 Å². The van der Waals surface area contributed by atoms with Gasteiger partial charge in [0, 0.05) is 6.42 Å². The van der Waals surface area contributed by atoms with Gasteiger partial charge in [0.1, 0.15) is 0 Å². The summed E-state index contributed by atoms with van der Waals surface area (Å²) < 4.78 is 23.1. The van der Waals surface area contributed by atoms with Crippen molar-refractivity contribution in [1.29, 1.82) is 0 Å². The van der Waals surface area contributed by atoms with Gasteiger partial charge < -0.3 is 5.32 Å². The lowest BCUT2D eigenvalue weighted by atomic mass is 9.99. The second-order valence-electron chi connectivity index (χ2n) is 6.38. The molecule has 1 atom stereocenters. The minimum Gasteiger partial charge on any atom is -0.350 e. The summed E-state index contributed by atoms with van der Waals surface area (Å²) >= 11 is 0. The Morgan fingerprint density at radius 1 is 1.33 bits per heavy atom. The van der Waals surface area contributed by atoms with E-state index in [0.29, 0.717) is 19.3 Å². The fourth-order valence-electron chi connectivity index (χ4n) is 2.88. The highest BCUT2D eigenvalue weighted by Gasteiger charge is 2.39. The van der Waals surface area contributed by atoms with Gasteiger partial charge in [-0.3, -0.25) is 4.79 Å². The van der Waals surface area contributed by atoms with Gasteiger partial charge in [-0.25, -0.2) is 8.42 Å². The number of nitrogens with one attached hydrogen (secondary N) is 1. The van der Waals surface area contributed by atoms with E-state index < -0.39 is 15.4 Å². The van der Waals surface area contributed by atoms with E-state index in [1.54, 1.807) is 0 Å². The number of rotatable bonds is 4. The fraction of sp³-hybridized carbons (Fsp3) is 0.562. The second-order valence-corrected chi connectivity index (χ2v) is 8.56. The molecule has 1 aromatic carbocycles. The van der Waals surface area contributed by atoms with Crippen LogP contribution in [-0.4, -0.2) is 31.4 Å². The number of sulfone groups is 1. The average molecular weight is 309 g/mol. The smallest absolute Gasteiger partial charge is 0.220 e. The molecule has 4 nitrogen and oxygen atoms in total. The standard InChI is InChI=1S/C16H23NO3S/c1-12-4-5-14(13(2)10-12)6-7-15(18)17-16(3)8-9-21(19,20)11-16/h4-5,10H,6-9,11H2,1-3H3,(H,17,18). The fourth-order valence-corrected chi connectivity index (χ4v) is 4.98. The van der Waals surface area contributed by atoms with Crippen LogP contribution in [0.2, 0.25) is 0 Å². The summed E-state index contributed by atoms with van der Waals surface area (Å²) in [6, 6.07) is 6.21. The van der Waals surface area contributed by atoms with Gasteiger partial charge in [-0.2, -0.15) is 0 Å². The van der Waals surface area contributed by atoms with E-state index in [1.165, 1.54) is 16.7 Å². The molecule has 1 aliphatic heterocycles. The van der Waals surface area contributed by atoms with Crippen LogP contribution in [-0.2, 0) is 21.1 Å². The van der Waals surface area contributed by atoms with Crippen molar-refractivity contribution >= 4 is 15.7 Å². The first-order valence-electron chi connectivity index (χ1n) is 7.27. The third-order valence-electron chi connectivity index (χ3n) is 4.06. The largest absolute Gasteiger partial charge is 0.350 e. The molecule has 1 aliphatic rings. The van der Waals surface area contributed by atoms with Gasteiger partial charge in [0.25, 0.3) is 0 Å². The molecule has 1 amide bonds. The molecule has 1 heterocycles. The molecule has 0 bridgehead atoms. The number of amides is 1. The van der Waals surface area contributed by atoms with Crippen molar-refractivity contribution in [3.63, 3.8) is 0 Å². The third kappa shape index (κ3) is 4.30. The van der Waals surface area contributed by atoms with Crippen molar-refractivity contribution in [2.75, 3.05) is 11.5 Å². The van der Waals surface area contributed by atoms with Crippen molar-refractivity contribution in [3.8, 4) is 0 Å². The van der Waals surface area contributed by atoms with Crippen molar-refractivity contribution in [1.82, 2.24) is 5.32 Å². The minimum absolute atomic E-state index is 0.0509. The van der Waals surface area contributed by atoms with Crippen LogP contribution in [0.1, 0.15) is 36.5 Å². The Morgan fingerprint density at radius 3 is 2.62 bits per heavy atom. The Labute approximate surface area is 126 Å². The lowest BCUT2D eigenvalue weighted by molar-refractivity contribution is -0.122. The van der Waals surface area contributed by atoms with Crippen molar-refractivity contribution in [2.45, 2.75) is 45.6 Å². The van der Waals surface area contributed by atoms with E-state index in [9.17, 15) is 13.2 Å². The van der Waals surface area contributed by atoms with Crippen LogP contribution in [0.15, 0.2) is 18.2 Å². The van der Waals surface area contributed by atoms with Gasteiger partial charge in [0.15, 0.2) is 9.84 Å². The molecule has 21 heavy (non-hydrogen) atoms. The highest BCUT2D eigenvalue weighted by Crippen LogP contribution is 2.23. The van der Waals surface area contributed by atoms with E-state index in [-0.39, 0.29) is 17.4 Å². The van der Waals surface area contributed by atoms with Gasteiger partial charge in [-0.05, 0) is 44.7 Å². The lowest BCUT2D eigenvalue weighted by Crippen LogP contribution is -2.47. The number of carbonyl (C=O) groups excluding carboxylic acids is 1. The van der Waals surface area contributed by atoms with Crippen LogP contribution in [0, 0.1) is 13.8 Å². The maximum Gasteiger partial charge on any atom is 0.220 e. The maximum atomic E-state index is 12.1. The Balaban J connectivity index is 1.91. The molecule has 0 spiro atoms. The van der Waals surface area contributed by atoms with E-state index in [0.717, 1.165) is 0 Å². The number of hydrogen-bond donors (Lipinski definition) is 1. The van der Waals surface area contributed by atoms with Crippen LogP contribution in [0.5, 0.6) is 0 Å². The predicted octanol–water partition coefficient (Wildman–Crippen LogP) is 1.93. The number of carbonyl (C=O) groups is 1. The highest BCUT2D eigenvalue weighted by molar-refractivity contribution is 7.91. The molecule has 0 aliphatic carbocycles. The third-order valence-corrected chi connectivity index (χ3v) is 5.97. The molecule has 0 aromatic heterocycles. The first-order chi connectivity index (χ1) is 9.69. The summed E-state index contributed by atoms with van der Waals surface area (Å²) in [6.07, 6.45) is 1.57. The Hall–Kier alpha value is -1.36. The van der Waals surface area contributed by atoms with Gasteiger partial charge in [-0.15, -0.1) is 0 Å². The number of benzene rings is 1. The molecule has 0 radical (unpaired) electrons. The van der Waals surface area contributed by atoms with Gasteiger partial charge in [-0.1, -0.05) is 23.8 Å². The Bertz CT molecular complexity index is 651. The SMILES string of the molecule is Cc1ccc(CCC(=O)NC2(C)CCS(=O)(=O)C2)c(C)c1. The molecule has 1 fully saturated rings. The average Bonchev–Trinajstić information content (AvgIpc) is 2.62. The molecular formula is C16H23NO3S. The zero-order chi connectivity index (χ0) is 15.7. The topological polar surface area (TPSA) is 63.2 Å². The van der Waals surface area contributed by atoms with Crippen LogP contribution in [0.3, 0.4) is 0 Å². The molecule has 116 valence electrons. The lowest BCUT2D eigenvalue weighted by Gasteiger charge is -2.24. The molecule has 2 rings (SSSR count). The predicted molar refractivity (Wildman–Crippen MR) is 84.1 cm³/mol. The van der Waals surface area contributed by atoms with Crippen molar-refractivity contribution in [2.24, 2.45) is 0 Å². The molecular weight excluding hydrogens is 286 g/mol. The van der Waals surface area contributed by atoms with E-state index in [1.807, 2.05) is 26.8 Å². The van der Waals surface area contributed by atoms with Crippen molar-refractivity contribution in [3.05, 3.63) is 34.9 Å². The molecule has 1 aromatic rings. The van der Waals surface area contributed by atoms with Crippen LogP contribution < -0.4 is 5.32 Å². The van der Waals surface area contributed by atoms with Crippen LogP contribution >= 0.6 is 0 Å². The van der Waals surface area contributed by atoms with Gasteiger partial charge >= 0.3 is 0 Å². The van der Waals surface area contributed by atoms with E-state index in [4.69, 9.17) is 0 Å². The van der Waals surface area contributed by atoms with Crippen LogP contribution in [0.4, 0.5) is 0 Å². The monoisotopic (exact) mass is 309 g/mol. The summed E-state index contributed by atoms with van der Waals surface area (Å²) in [4.78, 5) is 12.1. The van der Waals surface area contributed by atoms with Gasteiger partial charge in [0.05, 0.1) is 17.0 Å². The Kier molecular flexibility index (Phi) is 4.42. The maximum absolute atomic E-state index is 12.1. The normalized spacial score (nSPS) is 24.0. The van der Waals surface area contributed by atoms with E-state index >= 15 is 0 Å². The molecule has 1 saturated heterocycles.